The van der Waals surface area contributed by atoms with Crippen LogP contribution in [0.5, 0.6) is 0 Å². The zero-order valence-corrected chi connectivity index (χ0v) is 22.8. The first-order chi connectivity index (χ1) is 17.6. The zero-order chi connectivity index (χ0) is 26.3. The fourth-order valence-electron chi connectivity index (χ4n) is 4.55. The van der Waals surface area contributed by atoms with Crippen molar-refractivity contribution in [2.45, 2.75) is 25.9 Å². The van der Waals surface area contributed by atoms with E-state index >= 15 is 0 Å². The Labute approximate surface area is 226 Å². The SMILES string of the molecule is Cc1cc(N2C(=S)NC(c3ccccn3)C2c2ccc(-c3cc(Cl)ccc3C)o2)ccc1NS(C)(=O)=O. The lowest BCUT2D eigenvalue weighted by molar-refractivity contribution is 0.439. The van der Waals surface area contributed by atoms with E-state index in [2.05, 4.69) is 15.0 Å². The highest BCUT2D eigenvalue weighted by Gasteiger charge is 2.42. The second-order valence-electron chi connectivity index (χ2n) is 9.03. The number of aryl methyl sites for hydroxylation is 2. The number of halogens is 1. The van der Waals surface area contributed by atoms with Crippen LogP contribution in [0.4, 0.5) is 11.4 Å². The van der Waals surface area contributed by atoms with Crippen LogP contribution in [-0.4, -0.2) is 24.8 Å². The highest BCUT2D eigenvalue weighted by molar-refractivity contribution is 7.92. The summed E-state index contributed by atoms with van der Waals surface area (Å²) in [7, 11) is -3.41. The third-order valence-corrected chi connectivity index (χ3v) is 7.41. The molecule has 0 spiro atoms. The Morgan fingerprint density at radius 1 is 1.05 bits per heavy atom. The van der Waals surface area contributed by atoms with Crippen molar-refractivity contribution in [1.82, 2.24) is 10.3 Å². The molecule has 10 heteroatoms. The Hall–Kier alpha value is -3.40. The van der Waals surface area contributed by atoms with Gasteiger partial charge >= 0.3 is 0 Å². The molecule has 2 atom stereocenters. The number of hydrogen-bond donors (Lipinski definition) is 2. The second kappa shape index (κ2) is 9.81. The molecule has 0 radical (unpaired) electrons. The number of pyridine rings is 1. The van der Waals surface area contributed by atoms with Crippen LogP contribution in [0, 0.1) is 13.8 Å². The van der Waals surface area contributed by atoms with Gasteiger partial charge in [0.25, 0.3) is 0 Å². The number of thiocarbonyl (C=S) groups is 1. The van der Waals surface area contributed by atoms with E-state index in [1.54, 1.807) is 12.3 Å². The number of nitrogens with one attached hydrogen (secondary N) is 2. The molecule has 2 aromatic carbocycles. The summed E-state index contributed by atoms with van der Waals surface area (Å²) in [5.41, 5.74) is 4.86. The van der Waals surface area contributed by atoms with Crippen molar-refractivity contribution >= 4 is 50.3 Å². The van der Waals surface area contributed by atoms with Crippen LogP contribution in [0.3, 0.4) is 0 Å². The summed E-state index contributed by atoms with van der Waals surface area (Å²) in [6, 6.07) is 20.2. The number of furan rings is 1. The van der Waals surface area contributed by atoms with E-state index in [9.17, 15) is 8.42 Å². The fourth-order valence-corrected chi connectivity index (χ4v) is 5.70. The average molecular weight is 553 g/mol. The number of sulfonamides is 1. The number of rotatable bonds is 6. The van der Waals surface area contributed by atoms with Gasteiger partial charge in [-0.25, -0.2) is 8.42 Å². The zero-order valence-electron chi connectivity index (χ0n) is 20.4. The van der Waals surface area contributed by atoms with Gasteiger partial charge in [-0.2, -0.15) is 0 Å². The van der Waals surface area contributed by atoms with E-state index in [0.717, 1.165) is 34.3 Å². The predicted molar refractivity (Wildman–Crippen MR) is 151 cm³/mol. The van der Waals surface area contributed by atoms with E-state index in [1.807, 2.05) is 79.4 Å². The van der Waals surface area contributed by atoms with E-state index in [0.29, 0.717) is 27.3 Å². The summed E-state index contributed by atoms with van der Waals surface area (Å²) in [5, 5.41) is 4.56. The van der Waals surface area contributed by atoms with Gasteiger partial charge < -0.3 is 14.6 Å². The summed E-state index contributed by atoms with van der Waals surface area (Å²) in [4.78, 5) is 6.56. The third kappa shape index (κ3) is 5.20. The van der Waals surface area contributed by atoms with Gasteiger partial charge in [0.1, 0.15) is 17.6 Å². The summed E-state index contributed by atoms with van der Waals surface area (Å²) in [5.74, 6) is 1.41. The normalized spacial score (nSPS) is 17.6. The largest absolute Gasteiger partial charge is 0.459 e. The lowest BCUT2D eigenvalue weighted by Gasteiger charge is -2.27. The molecule has 5 rings (SSSR count). The lowest BCUT2D eigenvalue weighted by atomic mass is 10.0. The highest BCUT2D eigenvalue weighted by atomic mass is 35.5. The molecule has 37 heavy (non-hydrogen) atoms. The minimum Gasteiger partial charge on any atom is -0.459 e. The van der Waals surface area contributed by atoms with Crippen LogP contribution in [0.1, 0.15) is 34.7 Å². The number of anilines is 2. The summed E-state index contributed by atoms with van der Waals surface area (Å²) < 4.78 is 32.5. The van der Waals surface area contributed by atoms with Crippen LogP contribution in [0.25, 0.3) is 11.3 Å². The topological polar surface area (TPSA) is 87.5 Å². The van der Waals surface area contributed by atoms with Crippen molar-refractivity contribution in [2.24, 2.45) is 0 Å². The smallest absolute Gasteiger partial charge is 0.229 e. The molecule has 1 fully saturated rings. The number of benzene rings is 2. The van der Waals surface area contributed by atoms with Gasteiger partial charge in [-0.15, -0.1) is 0 Å². The Bertz CT molecular complexity index is 1590. The molecule has 0 aliphatic carbocycles. The summed E-state index contributed by atoms with van der Waals surface area (Å²) >= 11 is 12.1. The van der Waals surface area contributed by atoms with Crippen LogP contribution < -0.4 is 14.9 Å². The molecule has 7 nitrogen and oxygen atoms in total. The Morgan fingerprint density at radius 3 is 2.57 bits per heavy atom. The second-order valence-corrected chi connectivity index (χ2v) is 11.6. The average Bonchev–Trinajstić information content (AvgIpc) is 3.46. The standard InChI is InChI=1S/C27H25ClN4O3S2/c1-16-7-8-18(28)15-20(16)23-11-12-24(35-23)26-25(22-6-4-5-13-29-22)30-27(36)32(26)19-9-10-21(17(2)14-19)31-37(3,33)34/h4-15,25-26,31H,1-3H3,(H,30,36). The van der Waals surface area contributed by atoms with Crippen molar-refractivity contribution in [3.8, 4) is 11.3 Å². The Morgan fingerprint density at radius 2 is 1.86 bits per heavy atom. The molecule has 1 saturated heterocycles. The molecule has 0 saturated carbocycles. The monoisotopic (exact) mass is 552 g/mol. The van der Waals surface area contributed by atoms with Crippen LogP contribution in [0.15, 0.2) is 77.3 Å². The van der Waals surface area contributed by atoms with Crippen molar-refractivity contribution in [3.63, 3.8) is 0 Å². The van der Waals surface area contributed by atoms with E-state index in [4.69, 9.17) is 28.2 Å². The first-order valence-corrected chi connectivity index (χ1v) is 14.2. The molecule has 2 aromatic heterocycles. The van der Waals surface area contributed by atoms with Crippen molar-refractivity contribution < 1.29 is 12.8 Å². The molecule has 190 valence electrons. The van der Waals surface area contributed by atoms with E-state index in [-0.39, 0.29) is 12.1 Å². The van der Waals surface area contributed by atoms with Crippen LogP contribution in [0.2, 0.25) is 5.02 Å². The molecule has 0 amide bonds. The van der Waals surface area contributed by atoms with Gasteiger partial charge in [-0.05, 0) is 91.8 Å². The fraction of sp³-hybridized carbons (Fsp3) is 0.185. The van der Waals surface area contributed by atoms with Gasteiger partial charge in [-0.3, -0.25) is 9.71 Å². The Kier molecular flexibility index (Phi) is 6.70. The van der Waals surface area contributed by atoms with Gasteiger partial charge in [0.2, 0.25) is 10.0 Å². The number of nitrogens with zero attached hydrogens (tertiary/aromatic N) is 2. The van der Waals surface area contributed by atoms with Crippen molar-refractivity contribution in [2.75, 3.05) is 15.9 Å². The van der Waals surface area contributed by atoms with Gasteiger partial charge in [0.15, 0.2) is 5.11 Å². The maximum absolute atomic E-state index is 11.8. The molecule has 2 unspecified atom stereocenters. The maximum Gasteiger partial charge on any atom is 0.229 e. The van der Waals surface area contributed by atoms with Crippen molar-refractivity contribution in [1.29, 1.82) is 0 Å². The Balaban J connectivity index is 1.59. The molecule has 2 N–H and O–H groups in total. The number of aromatic nitrogens is 1. The van der Waals surface area contributed by atoms with Crippen LogP contribution in [-0.2, 0) is 10.0 Å². The van der Waals surface area contributed by atoms with Gasteiger partial charge in [0, 0.05) is 22.5 Å². The van der Waals surface area contributed by atoms with Gasteiger partial charge in [-0.1, -0.05) is 23.7 Å². The molecular formula is C27H25ClN4O3S2. The molecule has 1 aliphatic rings. The lowest BCUT2D eigenvalue weighted by Crippen LogP contribution is -2.29. The maximum atomic E-state index is 11.8. The quantitative estimate of drug-likeness (QED) is 0.277. The van der Waals surface area contributed by atoms with E-state index < -0.39 is 10.0 Å². The first-order valence-electron chi connectivity index (χ1n) is 11.6. The summed E-state index contributed by atoms with van der Waals surface area (Å²) in [6.45, 7) is 3.86. The van der Waals surface area contributed by atoms with E-state index in [1.165, 1.54) is 0 Å². The minimum absolute atomic E-state index is 0.276. The first kappa shape index (κ1) is 25.3. The molecule has 3 heterocycles. The predicted octanol–water partition coefficient (Wildman–Crippen LogP) is 6.16. The molecule has 0 bridgehead atoms. The van der Waals surface area contributed by atoms with Crippen molar-refractivity contribution in [3.05, 3.63) is 101 Å². The molecule has 1 aliphatic heterocycles. The van der Waals surface area contributed by atoms with Gasteiger partial charge in [0.05, 0.1) is 23.7 Å². The van der Waals surface area contributed by atoms with Crippen LogP contribution >= 0.6 is 23.8 Å². The number of hydrogen-bond acceptors (Lipinski definition) is 5. The highest BCUT2D eigenvalue weighted by Crippen LogP contribution is 2.43. The third-order valence-electron chi connectivity index (χ3n) is 6.26. The summed E-state index contributed by atoms with van der Waals surface area (Å²) in [6.07, 6.45) is 2.88. The minimum atomic E-state index is -3.41. The molecular weight excluding hydrogens is 528 g/mol. The molecule has 4 aromatic rings.